The van der Waals surface area contributed by atoms with Crippen molar-refractivity contribution in [3.63, 3.8) is 0 Å². The summed E-state index contributed by atoms with van der Waals surface area (Å²) >= 11 is 2.05. The molecule has 0 aliphatic carbocycles. The summed E-state index contributed by atoms with van der Waals surface area (Å²) in [7, 11) is 1.79. The Kier molecular flexibility index (Phi) is 6.60. The Morgan fingerprint density at radius 3 is 2.71 bits per heavy atom. The first kappa shape index (κ1) is 12.3. The summed E-state index contributed by atoms with van der Waals surface area (Å²) < 4.78 is 5.26. The predicted molar refractivity (Wildman–Crippen MR) is 62.9 cm³/mol. The van der Waals surface area contributed by atoms with E-state index >= 15 is 0 Å². The second-order valence-corrected chi connectivity index (χ2v) is 4.91. The maximum atomic E-state index is 5.54. The molecule has 4 heteroatoms. The molecule has 1 fully saturated rings. The maximum Gasteiger partial charge on any atom is 0.0618 e. The lowest BCUT2D eigenvalue weighted by molar-refractivity contribution is 0.0905. The van der Waals surface area contributed by atoms with Crippen LogP contribution >= 0.6 is 11.8 Å². The molecule has 1 unspecified atom stereocenters. The molecule has 0 amide bonds. The van der Waals surface area contributed by atoms with Crippen molar-refractivity contribution >= 4 is 11.8 Å². The average molecular weight is 218 g/mol. The molecule has 1 saturated heterocycles. The van der Waals surface area contributed by atoms with Gasteiger partial charge in [0.15, 0.2) is 0 Å². The summed E-state index contributed by atoms with van der Waals surface area (Å²) in [5, 5.41) is 0. The molecular formula is C10H22N2OS. The van der Waals surface area contributed by atoms with Crippen LogP contribution in [0.15, 0.2) is 0 Å². The van der Waals surface area contributed by atoms with E-state index in [-0.39, 0.29) is 0 Å². The molecule has 0 saturated carbocycles. The SMILES string of the molecule is COCC(CCCN)N1CCSCC1. The smallest absolute Gasteiger partial charge is 0.0618 e. The zero-order chi connectivity index (χ0) is 10.2. The number of nitrogens with zero attached hydrogens (tertiary/aromatic N) is 1. The van der Waals surface area contributed by atoms with E-state index in [0.29, 0.717) is 6.04 Å². The second kappa shape index (κ2) is 7.51. The second-order valence-electron chi connectivity index (χ2n) is 3.69. The Labute approximate surface area is 91.4 Å². The molecule has 84 valence electrons. The molecule has 0 aromatic heterocycles. The molecule has 0 aromatic rings. The van der Waals surface area contributed by atoms with Gasteiger partial charge in [-0.25, -0.2) is 0 Å². The van der Waals surface area contributed by atoms with Crippen molar-refractivity contribution in [3.05, 3.63) is 0 Å². The highest BCUT2D eigenvalue weighted by atomic mass is 32.2. The summed E-state index contributed by atoms with van der Waals surface area (Å²) in [6, 6.07) is 0.587. The third-order valence-electron chi connectivity index (χ3n) is 2.66. The van der Waals surface area contributed by atoms with Crippen molar-refractivity contribution in [1.29, 1.82) is 0 Å². The van der Waals surface area contributed by atoms with Crippen LogP contribution in [0, 0.1) is 0 Å². The van der Waals surface area contributed by atoms with Gasteiger partial charge in [0.25, 0.3) is 0 Å². The van der Waals surface area contributed by atoms with E-state index < -0.39 is 0 Å². The van der Waals surface area contributed by atoms with Gasteiger partial charge in [0.05, 0.1) is 6.61 Å². The van der Waals surface area contributed by atoms with Gasteiger partial charge in [-0.1, -0.05) is 0 Å². The van der Waals surface area contributed by atoms with E-state index in [1.165, 1.54) is 31.0 Å². The predicted octanol–water partition coefficient (Wildman–Crippen LogP) is 0.789. The van der Waals surface area contributed by atoms with Gasteiger partial charge in [-0.2, -0.15) is 11.8 Å². The molecule has 1 aliphatic heterocycles. The summed E-state index contributed by atoms with van der Waals surface area (Å²) in [4.78, 5) is 2.55. The van der Waals surface area contributed by atoms with Crippen LogP contribution in [0.3, 0.4) is 0 Å². The van der Waals surface area contributed by atoms with Crippen LogP contribution in [-0.4, -0.2) is 55.8 Å². The van der Waals surface area contributed by atoms with E-state index in [0.717, 1.165) is 19.6 Å². The Morgan fingerprint density at radius 1 is 1.43 bits per heavy atom. The lowest BCUT2D eigenvalue weighted by atomic mass is 10.1. The fourth-order valence-electron chi connectivity index (χ4n) is 1.86. The molecule has 0 aromatic carbocycles. The van der Waals surface area contributed by atoms with Crippen LogP contribution in [0.25, 0.3) is 0 Å². The quantitative estimate of drug-likeness (QED) is 0.715. The van der Waals surface area contributed by atoms with Crippen molar-refractivity contribution in [2.24, 2.45) is 5.73 Å². The number of thioether (sulfide) groups is 1. The highest BCUT2D eigenvalue weighted by molar-refractivity contribution is 7.99. The van der Waals surface area contributed by atoms with Crippen molar-refractivity contribution in [2.75, 3.05) is 44.9 Å². The lowest BCUT2D eigenvalue weighted by Crippen LogP contribution is -2.43. The summed E-state index contributed by atoms with van der Waals surface area (Å²) in [6.07, 6.45) is 2.28. The number of methoxy groups -OCH3 is 1. The molecule has 14 heavy (non-hydrogen) atoms. The standard InChI is InChI=1S/C10H22N2OS/c1-13-9-10(3-2-4-11)12-5-7-14-8-6-12/h10H,2-9,11H2,1H3. The van der Waals surface area contributed by atoms with Gasteiger partial charge in [-0.05, 0) is 19.4 Å². The normalized spacial score (nSPS) is 21.0. The summed E-state index contributed by atoms with van der Waals surface area (Å²) in [5.74, 6) is 2.53. The van der Waals surface area contributed by atoms with E-state index in [1.807, 2.05) is 0 Å². The summed E-state index contributed by atoms with van der Waals surface area (Å²) in [5.41, 5.74) is 5.54. The molecular weight excluding hydrogens is 196 g/mol. The van der Waals surface area contributed by atoms with Crippen LogP contribution in [-0.2, 0) is 4.74 Å². The minimum atomic E-state index is 0.587. The van der Waals surface area contributed by atoms with Gasteiger partial charge in [0, 0.05) is 37.7 Å². The molecule has 2 N–H and O–H groups in total. The van der Waals surface area contributed by atoms with E-state index in [4.69, 9.17) is 10.5 Å². The van der Waals surface area contributed by atoms with Crippen LogP contribution in [0.4, 0.5) is 0 Å². The van der Waals surface area contributed by atoms with Gasteiger partial charge in [-0.15, -0.1) is 0 Å². The number of rotatable bonds is 6. The molecule has 0 spiro atoms. The fourth-order valence-corrected chi connectivity index (χ4v) is 2.79. The minimum absolute atomic E-state index is 0.587. The third kappa shape index (κ3) is 4.17. The number of ether oxygens (including phenoxy) is 1. The molecule has 1 aliphatic rings. The molecule has 3 nitrogen and oxygen atoms in total. The zero-order valence-electron chi connectivity index (χ0n) is 9.08. The number of nitrogens with two attached hydrogens (primary N) is 1. The monoisotopic (exact) mass is 218 g/mol. The van der Waals surface area contributed by atoms with Crippen LogP contribution in [0.5, 0.6) is 0 Å². The minimum Gasteiger partial charge on any atom is -0.383 e. The van der Waals surface area contributed by atoms with Crippen molar-refractivity contribution in [2.45, 2.75) is 18.9 Å². The highest BCUT2D eigenvalue weighted by Crippen LogP contribution is 2.15. The van der Waals surface area contributed by atoms with E-state index in [1.54, 1.807) is 7.11 Å². The summed E-state index contributed by atoms with van der Waals surface area (Å²) in [6.45, 7) is 4.07. The lowest BCUT2D eigenvalue weighted by Gasteiger charge is -2.33. The van der Waals surface area contributed by atoms with Gasteiger partial charge in [0.1, 0.15) is 0 Å². The molecule has 1 heterocycles. The Balaban J connectivity index is 2.30. The molecule has 0 bridgehead atoms. The van der Waals surface area contributed by atoms with Crippen LogP contribution < -0.4 is 5.73 Å². The fraction of sp³-hybridized carbons (Fsp3) is 1.00. The van der Waals surface area contributed by atoms with Gasteiger partial charge in [-0.3, -0.25) is 4.90 Å². The third-order valence-corrected chi connectivity index (χ3v) is 3.61. The van der Waals surface area contributed by atoms with Crippen molar-refractivity contribution < 1.29 is 4.74 Å². The average Bonchev–Trinajstić information content (AvgIpc) is 2.25. The maximum absolute atomic E-state index is 5.54. The first-order valence-corrected chi connectivity index (χ1v) is 6.54. The van der Waals surface area contributed by atoms with Gasteiger partial charge < -0.3 is 10.5 Å². The topological polar surface area (TPSA) is 38.5 Å². The van der Waals surface area contributed by atoms with Crippen LogP contribution in [0.1, 0.15) is 12.8 Å². The van der Waals surface area contributed by atoms with E-state index in [9.17, 15) is 0 Å². The first-order valence-electron chi connectivity index (χ1n) is 5.39. The van der Waals surface area contributed by atoms with Crippen molar-refractivity contribution in [1.82, 2.24) is 4.90 Å². The first-order chi connectivity index (χ1) is 6.88. The Hall–Kier alpha value is 0.230. The number of hydrogen-bond acceptors (Lipinski definition) is 4. The van der Waals surface area contributed by atoms with E-state index in [2.05, 4.69) is 16.7 Å². The Morgan fingerprint density at radius 2 is 2.14 bits per heavy atom. The number of hydrogen-bond donors (Lipinski definition) is 1. The molecule has 1 atom stereocenters. The molecule has 1 rings (SSSR count). The van der Waals surface area contributed by atoms with Crippen LogP contribution in [0.2, 0.25) is 0 Å². The van der Waals surface area contributed by atoms with Gasteiger partial charge >= 0.3 is 0 Å². The largest absolute Gasteiger partial charge is 0.383 e. The highest BCUT2D eigenvalue weighted by Gasteiger charge is 2.19. The van der Waals surface area contributed by atoms with Crippen molar-refractivity contribution in [3.8, 4) is 0 Å². The zero-order valence-corrected chi connectivity index (χ0v) is 9.89. The Bertz CT molecular complexity index is 140. The van der Waals surface area contributed by atoms with Gasteiger partial charge in [0.2, 0.25) is 0 Å². The molecule has 0 radical (unpaired) electrons.